The Morgan fingerprint density at radius 2 is 1.45 bits per heavy atom. The molecule has 0 heterocycles. The summed E-state index contributed by atoms with van der Waals surface area (Å²) in [5.74, 6) is 0.902. The number of methoxy groups -OCH3 is 1. The molecule has 0 radical (unpaired) electrons. The number of hydrogen-bond donors (Lipinski definition) is 0. The molecule has 0 saturated heterocycles. The van der Waals surface area contributed by atoms with Crippen LogP contribution in [-0.2, 0) is 22.7 Å². The molecule has 0 spiro atoms. The van der Waals surface area contributed by atoms with Crippen LogP contribution in [0.5, 0.6) is 5.75 Å². The van der Waals surface area contributed by atoms with E-state index < -0.39 is 0 Å². The smallest absolute Gasteiger partial charge is 0.188 e. The van der Waals surface area contributed by atoms with E-state index in [-0.39, 0.29) is 11.9 Å². The summed E-state index contributed by atoms with van der Waals surface area (Å²) >= 11 is 0. The van der Waals surface area contributed by atoms with Crippen molar-refractivity contribution in [2.45, 2.75) is 44.7 Å². The van der Waals surface area contributed by atoms with Crippen LogP contribution in [0.4, 0.5) is 0 Å². The van der Waals surface area contributed by atoms with Gasteiger partial charge >= 0.3 is 0 Å². The number of hydrogen-bond acceptors (Lipinski definition) is 3. The van der Waals surface area contributed by atoms with Crippen molar-refractivity contribution in [2.75, 3.05) is 13.9 Å². The van der Waals surface area contributed by atoms with Crippen LogP contribution in [0.3, 0.4) is 0 Å². The van der Waals surface area contributed by atoms with Gasteiger partial charge in [0.2, 0.25) is 0 Å². The average molecular weight is 525 g/mol. The molecule has 0 fully saturated rings. The maximum Gasteiger partial charge on any atom is 0.188 e. The van der Waals surface area contributed by atoms with Gasteiger partial charge in [0.15, 0.2) is 13.1 Å². The third-order valence-electron chi connectivity index (χ3n) is 6.88. The molecule has 4 rings (SSSR count). The molecule has 2 unspecified atom stereocenters. The zero-order valence-electron chi connectivity index (χ0n) is 22.6. The number of rotatable bonds is 13. The van der Waals surface area contributed by atoms with Gasteiger partial charge in [0, 0.05) is 29.8 Å². The molecule has 0 aromatic heterocycles. The van der Waals surface area contributed by atoms with Gasteiger partial charge in [0.25, 0.3) is 0 Å². The Hall–Kier alpha value is -3.26. The number of carbonyl (C=O) groups is 1. The Bertz CT molecular complexity index is 1320. The Labute approximate surface area is 229 Å². The van der Waals surface area contributed by atoms with Crippen LogP contribution < -0.4 is 10.0 Å². The quantitative estimate of drug-likeness (QED) is 0.102. The standard InChI is InChI=1S/C34H37O3P/c1-4-19-34(2,38-32-18-12-11-17-29(32)24-35)31-23-28(20-26-13-7-5-8-14-26)22-30(33(31)37-25-36-3)21-27-15-9-6-10-16-27/h5-18,22-24,38H,4,19-21,25H2,1-3H3. The third-order valence-corrected chi connectivity index (χ3v) is 8.67. The van der Waals surface area contributed by atoms with E-state index in [1.165, 1.54) is 22.3 Å². The highest BCUT2D eigenvalue weighted by Gasteiger charge is 2.32. The molecular weight excluding hydrogens is 487 g/mol. The third kappa shape index (κ3) is 6.98. The molecule has 0 bridgehead atoms. The average Bonchev–Trinajstić information content (AvgIpc) is 2.94. The number of aldehydes is 1. The molecule has 4 aromatic rings. The van der Waals surface area contributed by atoms with Gasteiger partial charge < -0.3 is 9.47 Å². The molecule has 0 saturated carbocycles. The highest BCUT2D eigenvalue weighted by Crippen LogP contribution is 2.50. The van der Waals surface area contributed by atoms with Crippen molar-refractivity contribution in [3.8, 4) is 5.75 Å². The van der Waals surface area contributed by atoms with Crippen molar-refractivity contribution >= 4 is 20.2 Å². The fourth-order valence-corrected chi connectivity index (χ4v) is 6.87. The highest BCUT2D eigenvalue weighted by atomic mass is 31.1. The Morgan fingerprint density at radius 1 is 0.816 bits per heavy atom. The lowest BCUT2D eigenvalue weighted by Crippen LogP contribution is -2.23. The van der Waals surface area contributed by atoms with Crippen LogP contribution >= 0.6 is 8.58 Å². The van der Waals surface area contributed by atoms with E-state index in [1.54, 1.807) is 7.11 Å². The van der Waals surface area contributed by atoms with Gasteiger partial charge in [-0.15, -0.1) is 0 Å². The van der Waals surface area contributed by atoms with Crippen molar-refractivity contribution < 1.29 is 14.3 Å². The second-order valence-electron chi connectivity index (χ2n) is 9.92. The summed E-state index contributed by atoms with van der Waals surface area (Å²) in [6, 6.07) is 33.7. The summed E-state index contributed by atoms with van der Waals surface area (Å²) in [6.07, 6.45) is 4.58. The summed E-state index contributed by atoms with van der Waals surface area (Å²) in [4.78, 5) is 11.9. The molecule has 0 aliphatic rings. The first kappa shape index (κ1) is 27.8. The van der Waals surface area contributed by atoms with Crippen molar-refractivity contribution in [1.82, 2.24) is 0 Å². The van der Waals surface area contributed by atoms with Crippen molar-refractivity contribution in [1.29, 1.82) is 0 Å². The Kier molecular flexibility index (Phi) is 9.87. The van der Waals surface area contributed by atoms with Gasteiger partial charge in [-0.2, -0.15) is 0 Å². The van der Waals surface area contributed by atoms with Gasteiger partial charge in [-0.05, 0) is 40.4 Å². The molecule has 0 aliphatic heterocycles. The topological polar surface area (TPSA) is 35.5 Å². The van der Waals surface area contributed by atoms with E-state index in [1.807, 2.05) is 24.3 Å². The van der Waals surface area contributed by atoms with E-state index >= 15 is 0 Å². The monoisotopic (exact) mass is 524 g/mol. The lowest BCUT2D eigenvalue weighted by atomic mass is 9.88. The fourth-order valence-electron chi connectivity index (χ4n) is 5.11. The summed E-state index contributed by atoms with van der Waals surface area (Å²) in [6.45, 7) is 4.73. The van der Waals surface area contributed by atoms with Crippen LogP contribution in [0.2, 0.25) is 0 Å². The van der Waals surface area contributed by atoms with Crippen LogP contribution in [-0.4, -0.2) is 20.2 Å². The van der Waals surface area contributed by atoms with Gasteiger partial charge in [-0.3, -0.25) is 4.79 Å². The highest BCUT2D eigenvalue weighted by molar-refractivity contribution is 7.48. The van der Waals surface area contributed by atoms with Gasteiger partial charge in [-0.25, -0.2) is 0 Å². The predicted octanol–water partition coefficient (Wildman–Crippen LogP) is 7.68. The van der Waals surface area contributed by atoms with Gasteiger partial charge in [0.1, 0.15) is 5.75 Å². The SMILES string of the molecule is CCCC(C)(Pc1ccccc1C=O)c1cc(Cc2ccccc2)cc(Cc2ccccc2)c1OCOC. The van der Waals surface area contributed by atoms with Gasteiger partial charge in [0.05, 0.1) is 0 Å². The molecule has 4 heteroatoms. The Morgan fingerprint density at radius 3 is 2.08 bits per heavy atom. The van der Waals surface area contributed by atoms with Crippen molar-refractivity contribution in [3.05, 3.63) is 130 Å². The van der Waals surface area contributed by atoms with E-state index in [0.717, 1.165) is 54.2 Å². The van der Waals surface area contributed by atoms with Gasteiger partial charge in [-0.1, -0.05) is 126 Å². The molecule has 4 aromatic carbocycles. The first-order valence-electron chi connectivity index (χ1n) is 13.2. The van der Waals surface area contributed by atoms with Crippen LogP contribution in [0.15, 0.2) is 97.1 Å². The molecular formula is C34H37O3P. The fraction of sp³-hybridized carbons (Fsp3) is 0.265. The maximum absolute atomic E-state index is 11.9. The minimum Gasteiger partial charge on any atom is -0.467 e. The first-order valence-corrected chi connectivity index (χ1v) is 14.2. The van der Waals surface area contributed by atoms with Crippen LogP contribution in [0, 0.1) is 0 Å². The lowest BCUT2D eigenvalue weighted by molar-refractivity contribution is 0.0493. The minimum atomic E-state index is -0.213. The van der Waals surface area contributed by atoms with Crippen molar-refractivity contribution in [2.24, 2.45) is 0 Å². The van der Waals surface area contributed by atoms with Crippen LogP contribution in [0.1, 0.15) is 64.9 Å². The summed E-state index contributed by atoms with van der Waals surface area (Å²) in [7, 11) is 2.08. The van der Waals surface area contributed by atoms with E-state index in [0.29, 0.717) is 8.58 Å². The zero-order valence-corrected chi connectivity index (χ0v) is 23.6. The normalized spacial score (nSPS) is 12.9. The molecule has 0 aliphatic carbocycles. The number of ether oxygens (including phenoxy) is 2. The molecule has 0 amide bonds. The maximum atomic E-state index is 11.9. The first-order chi connectivity index (χ1) is 18.6. The molecule has 196 valence electrons. The van der Waals surface area contributed by atoms with Crippen LogP contribution in [0.25, 0.3) is 0 Å². The summed E-state index contributed by atoms with van der Waals surface area (Å²) in [5, 5.41) is 0.879. The minimum absolute atomic E-state index is 0.184. The second-order valence-corrected chi connectivity index (χ2v) is 11.8. The Balaban J connectivity index is 1.89. The predicted molar refractivity (Wildman–Crippen MR) is 159 cm³/mol. The van der Waals surface area contributed by atoms with E-state index in [4.69, 9.17) is 9.47 Å². The molecule has 3 nitrogen and oxygen atoms in total. The molecule has 2 atom stereocenters. The summed E-state index contributed by atoms with van der Waals surface area (Å²) < 4.78 is 11.8. The van der Waals surface area contributed by atoms with E-state index in [9.17, 15) is 4.79 Å². The summed E-state index contributed by atoms with van der Waals surface area (Å²) in [5.41, 5.74) is 6.89. The molecule has 0 N–H and O–H groups in total. The zero-order chi connectivity index (χ0) is 26.8. The number of benzene rings is 4. The lowest BCUT2D eigenvalue weighted by Gasteiger charge is -2.34. The second kappa shape index (κ2) is 13.5. The van der Waals surface area contributed by atoms with Crippen molar-refractivity contribution in [3.63, 3.8) is 0 Å². The van der Waals surface area contributed by atoms with E-state index in [2.05, 4.69) is 86.6 Å². The number of carbonyl (C=O) groups excluding carboxylic acids is 1. The largest absolute Gasteiger partial charge is 0.467 e. The molecule has 38 heavy (non-hydrogen) atoms.